The van der Waals surface area contributed by atoms with Crippen molar-refractivity contribution < 1.29 is 4.39 Å². The molecule has 0 aliphatic rings. The largest absolute Gasteiger partial charge is 0.312 e. The second-order valence-electron chi connectivity index (χ2n) is 3.06. The van der Waals surface area contributed by atoms with Crippen LogP contribution >= 0.6 is 11.8 Å². The lowest BCUT2D eigenvalue weighted by Gasteiger charge is -2.05. The highest BCUT2D eigenvalue weighted by Crippen LogP contribution is 2.11. The summed E-state index contributed by atoms with van der Waals surface area (Å²) in [7, 11) is 0. The van der Waals surface area contributed by atoms with Gasteiger partial charge in [-0.05, 0) is 12.3 Å². The number of rotatable bonds is 5. The van der Waals surface area contributed by atoms with Gasteiger partial charge in [0.15, 0.2) is 0 Å². The second-order valence-corrected chi connectivity index (χ2v) is 4.05. The molecule has 1 N–H and O–H groups in total. The molecule has 15 heavy (non-hydrogen) atoms. The maximum absolute atomic E-state index is 13.5. The molecular formula is C11H13FN2S. The highest BCUT2D eigenvalue weighted by Gasteiger charge is 2.06. The fraction of sp³-hybridized carbons (Fsp3) is 0.364. The Morgan fingerprint density at radius 3 is 3.00 bits per heavy atom. The second kappa shape index (κ2) is 6.44. The van der Waals surface area contributed by atoms with Crippen molar-refractivity contribution in [2.45, 2.75) is 6.54 Å². The van der Waals surface area contributed by atoms with Crippen LogP contribution in [-0.4, -0.2) is 18.6 Å². The Morgan fingerprint density at radius 1 is 1.53 bits per heavy atom. The zero-order valence-corrected chi connectivity index (χ0v) is 9.40. The van der Waals surface area contributed by atoms with E-state index in [0.717, 1.165) is 12.3 Å². The molecule has 0 aliphatic carbocycles. The van der Waals surface area contributed by atoms with Crippen LogP contribution in [0.1, 0.15) is 11.1 Å². The third-order valence-corrected chi connectivity index (χ3v) is 2.61. The predicted octanol–water partition coefficient (Wildman–Crippen LogP) is 2.15. The van der Waals surface area contributed by atoms with E-state index in [9.17, 15) is 4.39 Å². The molecule has 1 aromatic carbocycles. The van der Waals surface area contributed by atoms with Gasteiger partial charge in [-0.1, -0.05) is 12.1 Å². The molecule has 0 saturated carbocycles. The molecule has 0 unspecified atom stereocenters. The van der Waals surface area contributed by atoms with E-state index >= 15 is 0 Å². The van der Waals surface area contributed by atoms with E-state index in [-0.39, 0.29) is 5.56 Å². The minimum absolute atomic E-state index is 0.110. The first-order valence-corrected chi connectivity index (χ1v) is 6.06. The molecule has 0 heterocycles. The number of benzene rings is 1. The highest BCUT2D eigenvalue weighted by atomic mass is 32.2. The summed E-state index contributed by atoms with van der Waals surface area (Å²) in [4.78, 5) is 0. The third kappa shape index (κ3) is 3.54. The van der Waals surface area contributed by atoms with Gasteiger partial charge in [0.25, 0.3) is 0 Å². The van der Waals surface area contributed by atoms with E-state index in [4.69, 9.17) is 5.26 Å². The van der Waals surface area contributed by atoms with E-state index in [0.29, 0.717) is 12.1 Å². The van der Waals surface area contributed by atoms with E-state index in [1.165, 1.54) is 6.07 Å². The number of hydrogen-bond donors (Lipinski definition) is 1. The Labute approximate surface area is 93.5 Å². The Bertz CT molecular complexity index is 360. The van der Waals surface area contributed by atoms with E-state index < -0.39 is 5.82 Å². The first kappa shape index (κ1) is 12.0. The van der Waals surface area contributed by atoms with Gasteiger partial charge in [0.2, 0.25) is 0 Å². The minimum Gasteiger partial charge on any atom is -0.312 e. The van der Waals surface area contributed by atoms with Crippen molar-refractivity contribution in [2.24, 2.45) is 0 Å². The van der Waals surface area contributed by atoms with Crippen LogP contribution in [0.15, 0.2) is 18.2 Å². The molecule has 0 bridgehead atoms. The quantitative estimate of drug-likeness (QED) is 0.778. The maximum Gasteiger partial charge on any atom is 0.145 e. The van der Waals surface area contributed by atoms with Crippen LogP contribution in [0.4, 0.5) is 4.39 Å². The van der Waals surface area contributed by atoms with Crippen LogP contribution < -0.4 is 5.32 Å². The Morgan fingerprint density at radius 2 is 2.33 bits per heavy atom. The molecule has 1 aromatic rings. The summed E-state index contributed by atoms with van der Waals surface area (Å²) in [5.74, 6) is 0.594. The number of nitrogens with zero attached hydrogens (tertiary/aromatic N) is 1. The van der Waals surface area contributed by atoms with Crippen molar-refractivity contribution in [3.63, 3.8) is 0 Å². The normalized spacial score (nSPS) is 9.93. The Balaban J connectivity index is 2.58. The molecule has 4 heteroatoms. The van der Waals surface area contributed by atoms with Crippen molar-refractivity contribution in [2.75, 3.05) is 18.6 Å². The van der Waals surface area contributed by atoms with Gasteiger partial charge < -0.3 is 5.32 Å². The SMILES string of the molecule is CSCCNCc1cccc(C#N)c1F. The van der Waals surface area contributed by atoms with Gasteiger partial charge in [0, 0.05) is 24.4 Å². The van der Waals surface area contributed by atoms with E-state index in [1.54, 1.807) is 23.9 Å². The molecular weight excluding hydrogens is 211 g/mol. The molecule has 0 aliphatic heterocycles. The van der Waals surface area contributed by atoms with Gasteiger partial charge in [0.1, 0.15) is 11.9 Å². The topological polar surface area (TPSA) is 35.8 Å². The van der Waals surface area contributed by atoms with E-state index in [2.05, 4.69) is 5.32 Å². The number of hydrogen-bond acceptors (Lipinski definition) is 3. The van der Waals surface area contributed by atoms with Crippen molar-refractivity contribution in [3.8, 4) is 6.07 Å². The van der Waals surface area contributed by atoms with Crippen molar-refractivity contribution in [1.82, 2.24) is 5.32 Å². The Kier molecular flexibility index (Phi) is 5.16. The average Bonchev–Trinajstić information content (AvgIpc) is 2.26. The molecule has 0 saturated heterocycles. The van der Waals surface area contributed by atoms with Crippen molar-refractivity contribution in [1.29, 1.82) is 5.26 Å². The minimum atomic E-state index is -0.406. The average molecular weight is 224 g/mol. The summed E-state index contributed by atoms with van der Waals surface area (Å²) in [5.41, 5.74) is 0.661. The van der Waals surface area contributed by atoms with Gasteiger partial charge in [-0.2, -0.15) is 17.0 Å². The van der Waals surface area contributed by atoms with Crippen LogP contribution in [0.5, 0.6) is 0 Å². The summed E-state index contributed by atoms with van der Waals surface area (Å²) in [6.07, 6.45) is 2.03. The van der Waals surface area contributed by atoms with Gasteiger partial charge >= 0.3 is 0 Å². The summed E-state index contributed by atoms with van der Waals surface area (Å²) < 4.78 is 13.5. The van der Waals surface area contributed by atoms with Crippen LogP contribution in [0.25, 0.3) is 0 Å². The van der Waals surface area contributed by atoms with E-state index in [1.807, 2.05) is 12.3 Å². The van der Waals surface area contributed by atoms with Crippen LogP contribution in [-0.2, 0) is 6.54 Å². The number of thioether (sulfide) groups is 1. The van der Waals surface area contributed by atoms with Crippen LogP contribution in [0, 0.1) is 17.1 Å². The Hall–Kier alpha value is -1.05. The summed E-state index contributed by atoms with van der Waals surface area (Å²) in [5, 5.41) is 11.8. The molecule has 0 spiro atoms. The molecule has 0 aromatic heterocycles. The standard InChI is InChI=1S/C11H13FN2S/c1-15-6-5-14-8-10-4-2-3-9(7-13)11(10)12/h2-4,14H,5-6,8H2,1H3. The highest BCUT2D eigenvalue weighted by molar-refractivity contribution is 7.98. The molecule has 0 atom stereocenters. The lowest BCUT2D eigenvalue weighted by molar-refractivity contribution is 0.591. The summed E-state index contributed by atoms with van der Waals surface area (Å²) in [6, 6.07) is 6.72. The molecule has 0 radical (unpaired) electrons. The number of nitrogens with one attached hydrogen (secondary N) is 1. The molecule has 1 rings (SSSR count). The fourth-order valence-corrected chi connectivity index (χ4v) is 1.55. The third-order valence-electron chi connectivity index (χ3n) is 2.00. The van der Waals surface area contributed by atoms with Crippen LogP contribution in [0.3, 0.4) is 0 Å². The monoisotopic (exact) mass is 224 g/mol. The van der Waals surface area contributed by atoms with Gasteiger partial charge in [-0.25, -0.2) is 4.39 Å². The predicted molar refractivity (Wildman–Crippen MR) is 61.2 cm³/mol. The molecule has 80 valence electrons. The summed E-state index contributed by atoms with van der Waals surface area (Å²) in [6.45, 7) is 1.32. The van der Waals surface area contributed by atoms with Gasteiger partial charge in [-0.3, -0.25) is 0 Å². The number of halogens is 1. The fourth-order valence-electron chi connectivity index (χ4n) is 1.20. The van der Waals surface area contributed by atoms with Gasteiger partial charge in [-0.15, -0.1) is 0 Å². The zero-order valence-electron chi connectivity index (χ0n) is 8.59. The lowest BCUT2D eigenvalue weighted by atomic mass is 10.1. The number of nitriles is 1. The molecule has 0 amide bonds. The first-order chi connectivity index (χ1) is 7.29. The molecule has 2 nitrogen and oxygen atoms in total. The van der Waals surface area contributed by atoms with Crippen LogP contribution in [0.2, 0.25) is 0 Å². The summed E-state index contributed by atoms with van der Waals surface area (Å²) >= 11 is 1.74. The maximum atomic E-state index is 13.5. The first-order valence-electron chi connectivity index (χ1n) is 4.66. The smallest absolute Gasteiger partial charge is 0.145 e. The van der Waals surface area contributed by atoms with Crippen molar-refractivity contribution >= 4 is 11.8 Å². The molecule has 0 fully saturated rings. The lowest BCUT2D eigenvalue weighted by Crippen LogP contribution is -2.17. The van der Waals surface area contributed by atoms with Crippen molar-refractivity contribution in [3.05, 3.63) is 35.1 Å². The van der Waals surface area contributed by atoms with Gasteiger partial charge in [0.05, 0.1) is 5.56 Å². The zero-order chi connectivity index (χ0) is 11.1.